The molecule has 0 atom stereocenters. The molecule has 0 aromatic heterocycles. The summed E-state index contributed by atoms with van der Waals surface area (Å²) in [6.45, 7) is 2.20. The van der Waals surface area contributed by atoms with Crippen molar-refractivity contribution in [3.05, 3.63) is 29.8 Å². The summed E-state index contributed by atoms with van der Waals surface area (Å²) in [6, 6.07) is 9.49. The zero-order valence-corrected chi connectivity index (χ0v) is 8.22. The lowest BCUT2D eigenvalue weighted by molar-refractivity contribution is 0.445. The molecule has 1 nitrogen and oxygen atoms in total. The second kappa shape index (κ2) is 3.82. The minimum absolute atomic E-state index is 0.743. The van der Waals surface area contributed by atoms with Crippen LogP contribution in [-0.2, 0) is 6.42 Å². The molecule has 1 fully saturated rings. The number of nitrogens with one attached hydrogen (secondary N) is 1. The van der Waals surface area contributed by atoms with Crippen LogP contribution in [-0.4, -0.2) is 6.04 Å². The Hall–Kier alpha value is -0.980. The average Bonchev–Trinajstić information content (AvgIpc) is 2.12. The SMILES string of the molecule is CCc1cccc(NC2CCC2)c1. The van der Waals surface area contributed by atoms with Crippen LogP contribution in [0.1, 0.15) is 31.7 Å². The molecule has 0 spiro atoms. The van der Waals surface area contributed by atoms with Gasteiger partial charge in [0.25, 0.3) is 0 Å². The first-order chi connectivity index (χ1) is 6.38. The van der Waals surface area contributed by atoms with E-state index in [0.29, 0.717) is 0 Å². The van der Waals surface area contributed by atoms with Crippen LogP contribution in [0.15, 0.2) is 24.3 Å². The third-order valence-electron chi connectivity index (χ3n) is 2.81. The highest BCUT2D eigenvalue weighted by Gasteiger charge is 2.16. The van der Waals surface area contributed by atoms with E-state index in [2.05, 4.69) is 36.5 Å². The Morgan fingerprint density at radius 2 is 2.23 bits per heavy atom. The van der Waals surface area contributed by atoms with E-state index < -0.39 is 0 Å². The summed E-state index contributed by atoms with van der Waals surface area (Å²) in [6.07, 6.45) is 5.21. The Kier molecular flexibility index (Phi) is 2.53. The summed E-state index contributed by atoms with van der Waals surface area (Å²) in [5, 5.41) is 3.55. The van der Waals surface area contributed by atoms with E-state index in [9.17, 15) is 0 Å². The molecule has 1 aliphatic rings. The lowest BCUT2D eigenvalue weighted by Crippen LogP contribution is -2.26. The molecule has 1 aliphatic carbocycles. The topological polar surface area (TPSA) is 12.0 Å². The molecule has 0 heterocycles. The maximum atomic E-state index is 3.55. The summed E-state index contributed by atoms with van der Waals surface area (Å²) in [7, 11) is 0. The summed E-state index contributed by atoms with van der Waals surface area (Å²) < 4.78 is 0. The predicted octanol–water partition coefficient (Wildman–Crippen LogP) is 3.21. The van der Waals surface area contributed by atoms with Gasteiger partial charge in [-0.2, -0.15) is 0 Å². The van der Waals surface area contributed by atoms with Gasteiger partial charge < -0.3 is 5.32 Å². The molecule has 0 saturated heterocycles. The van der Waals surface area contributed by atoms with Gasteiger partial charge in [-0.1, -0.05) is 19.1 Å². The normalized spacial score (nSPS) is 16.7. The minimum atomic E-state index is 0.743. The van der Waals surface area contributed by atoms with Gasteiger partial charge in [-0.3, -0.25) is 0 Å². The van der Waals surface area contributed by atoms with Crippen molar-refractivity contribution in [3.63, 3.8) is 0 Å². The van der Waals surface area contributed by atoms with Crippen LogP contribution in [0.5, 0.6) is 0 Å². The monoisotopic (exact) mass is 175 g/mol. The number of benzene rings is 1. The molecule has 0 bridgehead atoms. The second-order valence-corrected chi connectivity index (χ2v) is 3.83. The number of hydrogen-bond donors (Lipinski definition) is 1. The number of aryl methyl sites for hydroxylation is 1. The maximum Gasteiger partial charge on any atom is 0.0345 e. The van der Waals surface area contributed by atoms with Crippen molar-refractivity contribution in [2.24, 2.45) is 0 Å². The van der Waals surface area contributed by atoms with Crippen LogP contribution in [0.3, 0.4) is 0 Å². The Labute approximate surface area is 80.2 Å². The Bertz CT molecular complexity index is 276. The third kappa shape index (κ3) is 2.03. The van der Waals surface area contributed by atoms with Crippen LogP contribution in [0.25, 0.3) is 0 Å². The first kappa shape index (κ1) is 8.61. The van der Waals surface area contributed by atoms with Crippen molar-refractivity contribution < 1.29 is 0 Å². The number of anilines is 1. The van der Waals surface area contributed by atoms with Gasteiger partial charge in [-0.25, -0.2) is 0 Å². The summed E-state index contributed by atoms with van der Waals surface area (Å²) in [5.41, 5.74) is 2.72. The standard InChI is InChI=1S/C12H17N/c1-2-10-5-3-8-12(9-10)13-11-6-4-7-11/h3,5,8-9,11,13H,2,4,6-7H2,1H3. The van der Waals surface area contributed by atoms with Gasteiger partial charge in [0.05, 0.1) is 0 Å². The molecule has 0 radical (unpaired) electrons. The summed E-state index contributed by atoms with van der Waals surface area (Å²) >= 11 is 0. The molecule has 0 amide bonds. The van der Waals surface area contributed by atoms with Gasteiger partial charge in [0.1, 0.15) is 0 Å². The molecule has 0 unspecified atom stereocenters. The largest absolute Gasteiger partial charge is 0.382 e. The fraction of sp³-hybridized carbons (Fsp3) is 0.500. The molecular formula is C12H17N. The quantitative estimate of drug-likeness (QED) is 0.743. The van der Waals surface area contributed by atoms with E-state index >= 15 is 0 Å². The Morgan fingerprint density at radius 3 is 2.85 bits per heavy atom. The van der Waals surface area contributed by atoms with Gasteiger partial charge in [-0.15, -0.1) is 0 Å². The van der Waals surface area contributed by atoms with Crippen LogP contribution in [0, 0.1) is 0 Å². The van der Waals surface area contributed by atoms with Crippen LogP contribution in [0.2, 0.25) is 0 Å². The first-order valence-electron chi connectivity index (χ1n) is 5.24. The highest BCUT2D eigenvalue weighted by atomic mass is 14.9. The van der Waals surface area contributed by atoms with Crippen molar-refractivity contribution in [3.8, 4) is 0 Å². The Balaban J connectivity index is 2.01. The van der Waals surface area contributed by atoms with E-state index in [1.54, 1.807) is 0 Å². The molecular weight excluding hydrogens is 158 g/mol. The minimum Gasteiger partial charge on any atom is -0.382 e. The number of rotatable bonds is 3. The van der Waals surface area contributed by atoms with E-state index in [1.165, 1.54) is 30.5 Å². The Morgan fingerprint density at radius 1 is 1.38 bits per heavy atom. The summed E-state index contributed by atoms with van der Waals surface area (Å²) in [4.78, 5) is 0. The van der Waals surface area contributed by atoms with Gasteiger partial charge in [0.15, 0.2) is 0 Å². The van der Waals surface area contributed by atoms with Crippen LogP contribution >= 0.6 is 0 Å². The van der Waals surface area contributed by atoms with E-state index in [4.69, 9.17) is 0 Å². The van der Waals surface area contributed by atoms with Gasteiger partial charge >= 0.3 is 0 Å². The fourth-order valence-corrected chi connectivity index (χ4v) is 1.67. The average molecular weight is 175 g/mol. The fourth-order valence-electron chi connectivity index (χ4n) is 1.67. The maximum absolute atomic E-state index is 3.55. The van der Waals surface area contributed by atoms with Crippen molar-refractivity contribution >= 4 is 5.69 Å². The second-order valence-electron chi connectivity index (χ2n) is 3.83. The van der Waals surface area contributed by atoms with Crippen molar-refractivity contribution in [1.82, 2.24) is 0 Å². The van der Waals surface area contributed by atoms with Gasteiger partial charge in [0, 0.05) is 11.7 Å². The van der Waals surface area contributed by atoms with Crippen molar-refractivity contribution in [2.75, 3.05) is 5.32 Å². The smallest absolute Gasteiger partial charge is 0.0345 e. The van der Waals surface area contributed by atoms with Crippen LogP contribution < -0.4 is 5.32 Å². The molecule has 0 aliphatic heterocycles. The molecule has 1 N–H and O–H groups in total. The van der Waals surface area contributed by atoms with E-state index in [0.717, 1.165) is 12.5 Å². The molecule has 70 valence electrons. The van der Waals surface area contributed by atoms with Crippen LogP contribution in [0.4, 0.5) is 5.69 Å². The lowest BCUT2D eigenvalue weighted by atomic mass is 9.93. The van der Waals surface area contributed by atoms with Gasteiger partial charge in [0.2, 0.25) is 0 Å². The molecule has 1 aromatic rings. The predicted molar refractivity (Wildman–Crippen MR) is 57.1 cm³/mol. The third-order valence-corrected chi connectivity index (χ3v) is 2.81. The number of hydrogen-bond acceptors (Lipinski definition) is 1. The summed E-state index contributed by atoms with van der Waals surface area (Å²) in [5.74, 6) is 0. The zero-order valence-electron chi connectivity index (χ0n) is 8.22. The molecule has 1 saturated carbocycles. The lowest BCUT2D eigenvalue weighted by Gasteiger charge is -2.27. The van der Waals surface area contributed by atoms with Crippen molar-refractivity contribution in [1.29, 1.82) is 0 Å². The molecule has 2 rings (SSSR count). The molecule has 1 heteroatoms. The molecule has 13 heavy (non-hydrogen) atoms. The first-order valence-corrected chi connectivity index (χ1v) is 5.24. The van der Waals surface area contributed by atoms with Crippen molar-refractivity contribution in [2.45, 2.75) is 38.6 Å². The van der Waals surface area contributed by atoms with E-state index in [-0.39, 0.29) is 0 Å². The highest BCUT2D eigenvalue weighted by molar-refractivity contribution is 5.46. The highest BCUT2D eigenvalue weighted by Crippen LogP contribution is 2.23. The molecule has 1 aromatic carbocycles. The zero-order chi connectivity index (χ0) is 9.10. The van der Waals surface area contributed by atoms with E-state index in [1.807, 2.05) is 0 Å². The van der Waals surface area contributed by atoms with Gasteiger partial charge in [-0.05, 0) is 43.4 Å².